The van der Waals surface area contributed by atoms with E-state index in [0.717, 1.165) is 51.5 Å². The number of ether oxygens (including phenoxy) is 2. The molecule has 0 aromatic carbocycles. The topological polar surface area (TPSA) is 87.2 Å². The molecule has 1 heterocycles. The molecule has 0 radical (unpaired) electrons. The van der Waals surface area contributed by atoms with Crippen LogP contribution < -0.4 is 16.0 Å². The van der Waals surface area contributed by atoms with Crippen LogP contribution in [0.1, 0.15) is 53.9 Å². The molecule has 2 unspecified atom stereocenters. The molecule has 0 aliphatic carbocycles. The predicted octanol–water partition coefficient (Wildman–Crippen LogP) is 1.96. The molecule has 2 atom stereocenters. The third-order valence-electron chi connectivity index (χ3n) is 4.28. The Morgan fingerprint density at radius 1 is 1.32 bits per heavy atom. The van der Waals surface area contributed by atoms with E-state index in [-0.39, 0.29) is 12.1 Å². The lowest BCUT2D eigenvalue weighted by atomic mass is 10.1. The highest BCUT2D eigenvalue weighted by Crippen LogP contribution is 2.07. The number of unbranched alkanes of at least 4 members (excludes halogenated alkanes) is 1. The van der Waals surface area contributed by atoms with Gasteiger partial charge in [0, 0.05) is 32.2 Å². The van der Waals surface area contributed by atoms with Gasteiger partial charge in [0.05, 0.1) is 19.3 Å². The van der Waals surface area contributed by atoms with Gasteiger partial charge < -0.3 is 30.3 Å². The lowest BCUT2D eigenvalue weighted by Gasteiger charge is -2.29. The molecule has 0 aromatic rings. The summed E-state index contributed by atoms with van der Waals surface area (Å²) in [5.41, 5.74) is -0.500. The molecule has 28 heavy (non-hydrogen) atoms. The molecule has 0 aromatic heterocycles. The van der Waals surface area contributed by atoms with Crippen LogP contribution >= 0.6 is 0 Å². The second kappa shape index (κ2) is 12.8. The van der Waals surface area contributed by atoms with E-state index in [1.807, 2.05) is 27.7 Å². The van der Waals surface area contributed by atoms with Crippen molar-refractivity contribution >= 4 is 12.1 Å². The summed E-state index contributed by atoms with van der Waals surface area (Å²) in [6.07, 6.45) is 2.84. The molecular weight excluding hydrogens is 358 g/mol. The van der Waals surface area contributed by atoms with Crippen LogP contribution in [-0.4, -0.2) is 81.1 Å². The molecule has 8 nitrogen and oxygen atoms in total. The maximum atomic E-state index is 12.0. The quantitative estimate of drug-likeness (QED) is 0.406. The van der Waals surface area contributed by atoms with Gasteiger partial charge in [-0.1, -0.05) is 19.8 Å². The van der Waals surface area contributed by atoms with Crippen molar-refractivity contribution in [3.8, 4) is 0 Å². The number of nitrogens with zero attached hydrogens (tertiary/aromatic N) is 2. The zero-order chi connectivity index (χ0) is 21.0. The van der Waals surface area contributed by atoms with Crippen molar-refractivity contribution < 1.29 is 14.3 Å². The van der Waals surface area contributed by atoms with Crippen LogP contribution in [0.4, 0.5) is 4.79 Å². The summed E-state index contributed by atoms with van der Waals surface area (Å²) in [6.45, 7) is 14.3. The third-order valence-corrected chi connectivity index (χ3v) is 4.28. The number of morpholine rings is 1. The molecule has 1 saturated heterocycles. The van der Waals surface area contributed by atoms with Crippen LogP contribution in [0.2, 0.25) is 0 Å². The molecule has 1 fully saturated rings. The fraction of sp³-hybridized carbons (Fsp3) is 0.900. The van der Waals surface area contributed by atoms with Gasteiger partial charge in [-0.3, -0.25) is 4.99 Å². The third kappa shape index (κ3) is 11.3. The zero-order valence-corrected chi connectivity index (χ0v) is 18.6. The number of rotatable bonds is 9. The van der Waals surface area contributed by atoms with Gasteiger partial charge >= 0.3 is 6.09 Å². The smallest absolute Gasteiger partial charge is 0.407 e. The normalized spacial score (nSPS) is 19.8. The number of aliphatic imine (C=N–C) groups is 1. The average Bonchev–Trinajstić information content (AvgIpc) is 2.60. The van der Waals surface area contributed by atoms with Gasteiger partial charge in [0.1, 0.15) is 5.60 Å². The Hall–Kier alpha value is -1.54. The molecular formula is C20H41N5O3. The monoisotopic (exact) mass is 399 g/mol. The van der Waals surface area contributed by atoms with E-state index >= 15 is 0 Å². The zero-order valence-electron chi connectivity index (χ0n) is 18.6. The van der Waals surface area contributed by atoms with Crippen molar-refractivity contribution in [3.63, 3.8) is 0 Å². The van der Waals surface area contributed by atoms with Gasteiger partial charge in [-0.05, 0) is 41.2 Å². The van der Waals surface area contributed by atoms with E-state index in [9.17, 15) is 4.79 Å². The number of hydrogen-bond acceptors (Lipinski definition) is 5. The van der Waals surface area contributed by atoms with E-state index in [1.54, 1.807) is 0 Å². The first kappa shape index (κ1) is 24.5. The number of carbonyl (C=O) groups is 1. The van der Waals surface area contributed by atoms with Crippen LogP contribution in [-0.2, 0) is 9.47 Å². The number of guanidine groups is 1. The van der Waals surface area contributed by atoms with E-state index in [1.165, 1.54) is 0 Å². The van der Waals surface area contributed by atoms with Crippen molar-refractivity contribution in [2.75, 3.05) is 46.4 Å². The van der Waals surface area contributed by atoms with Crippen molar-refractivity contribution in [1.82, 2.24) is 20.9 Å². The minimum atomic E-state index is -0.500. The molecule has 0 spiro atoms. The largest absolute Gasteiger partial charge is 0.444 e. The van der Waals surface area contributed by atoms with Gasteiger partial charge in [0.2, 0.25) is 0 Å². The lowest BCUT2D eigenvalue weighted by Crippen LogP contribution is -2.49. The van der Waals surface area contributed by atoms with Crippen LogP contribution in [0, 0.1) is 0 Å². The minimum absolute atomic E-state index is 0.0835. The number of likely N-dealkylation sites (N-methyl/N-ethyl adjacent to an activating group) is 1. The van der Waals surface area contributed by atoms with E-state index in [4.69, 9.17) is 14.5 Å². The van der Waals surface area contributed by atoms with Gasteiger partial charge in [-0.2, -0.15) is 0 Å². The lowest BCUT2D eigenvalue weighted by molar-refractivity contribution is -0.0136. The standard InChI is InChI=1S/C20H41N5O3/c1-7-9-10-16(13-23-19(26)28-20(3,4)5)24-18(21-8-2)22-14-17-15-25(6)11-12-27-17/h16-17H,7-15H2,1-6H3,(H,23,26)(H2,21,22,24). The second-order valence-corrected chi connectivity index (χ2v) is 8.34. The summed E-state index contributed by atoms with van der Waals surface area (Å²) in [7, 11) is 2.10. The number of alkyl carbamates (subject to hydrolysis) is 1. The highest BCUT2D eigenvalue weighted by atomic mass is 16.6. The molecule has 0 bridgehead atoms. The fourth-order valence-corrected chi connectivity index (χ4v) is 2.88. The molecule has 0 saturated carbocycles. The Morgan fingerprint density at radius 3 is 2.68 bits per heavy atom. The van der Waals surface area contributed by atoms with Crippen LogP contribution in [0.3, 0.4) is 0 Å². The van der Waals surface area contributed by atoms with Crippen molar-refractivity contribution in [3.05, 3.63) is 0 Å². The Labute approximate surface area is 170 Å². The SMILES string of the molecule is CCCCC(CNC(=O)OC(C)(C)C)NC(=NCC1CN(C)CCO1)NCC. The summed E-state index contributed by atoms with van der Waals surface area (Å²) in [4.78, 5) is 19.0. The maximum Gasteiger partial charge on any atom is 0.407 e. The second-order valence-electron chi connectivity index (χ2n) is 8.34. The summed E-state index contributed by atoms with van der Waals surface area (Å²) in [5, 5.41) is 9.62. The predicted molar refractivity (Wildman–Crippen MR) is 114 cm³/mol. The number of nitrogens with one attached hydrogen (secondary N) is 3. The molecule has 1 amide bonds. The molecule has 1 aliphatic rings. The van der Waals surface area contributed by atoms with E-state index < -0.39 is 11.7 Å². The van der Waals surface area contributed by atoms with Gasteiger partial charge in [0.25, 0.3) is 0 Å². The molecule has 1 aliphatic heterocycles. The molecule has 8 heteroatoms. The van der Waals surface area contributed by atoms with Crippen molar-refractivity contribution in [2.45, 2.75) is 71.6 Å². The maximum absolute atomic E-state index is 12.0. The van der Waals surface area contributed by atoms with E-state index in [2.05, 4.69) is 34.8 Å². The van der Waals surface area contributed by atoms with Gasteiger partial charge in [-0.15, -0.1) is 0 Å². The number of hydrogen-bond donors (Lipinski definition) is 3. The summed E-state index contributed by atoms with van der Waals surface area (Å²) < 4.78 is 11.1. The Morgan fingerprint density at radius 2 is 2.07 bits per heavy atom. The van der Waals surface area contributed by atoms with Gasteiger partial charge in [-0.25, -0.2) is 4.79 Å². The Balaban J connectivity index is 2.61. The average molecular weight is 400 g/mol. The fourth-order valence-electron chi connectivity index (χ4n) is 2.88. The van der Waals surface area contributed by atoms with Crippen molar-refractivity contribution in [2.24, 2.45) is 4.99 Å². The number of amides is 1. The molecule has 3 N–H and O–H groups in total. The highest BCUT2D eigenvalue weighted by molar-refractivity contribution is 5.80. The van der Waals surface area contributed by atoms with Crippen molar-refractivity contribution in [1.29, 1.82) is 0 Å². The molecule has 1 rings (SSSR count). The first-order valence-electron chi connectivity index (χ1n) is 10.5. The van der Waals surface area contributed by atoms with Gasteiger partial charge in [0.15, 0.2) is 5.96 Å². The summed E-state index contributed by atoms with van der Waals surface area (Å²) >= 11 is 0. The Bertz CT molecular complexity index is 479. The van der Waals surface area contributed by atoms with Crippen LogP contribution in [0.25, 0.3) is 0 Å². The number of carbonyl (C=O) groups excluding carboxylic acids is 1. The van der Waals surface area contributed by atoms with E-state index in [0.29, 0.717) is 13.1 Å². The first-order valence-corrected chi connectivity index (χ1v) is 10.5. The molecule has 164 valence electrons. The first-order chi connectivity index (χ1) is 13.2. The minimum Gasteiger partial charge on any atom is -0.444 e. The summed E-state index contributed by atoms with van der Waals surface area (Å²) in [6, 6.07) is 0.0835. The Kier molecular flexibility index (Phi) is 11.2. The van der Waals surface area contributed by atoms with Crippen LogP contribution in [0.5, 0.6) is 0 Å². The highest BCUT2D eigenvalue weighted by Gasteiger charge is 2.19. The van der Waals surface area contributed by atoms with Crippen LogP contribution in [0.15, 0.2) is 4.99 Å². The summed E-state index contributed by atoms with van der Waals surface area (Å²) in [5.74, 6) is 0.756.